The fourth-order valence-corrected chi connectivity index (χ4v) is 7.94. The van der Waals surface area contributed by atoms with Gasteiger partial charge in [0.25, 0.3) is 0 Å². The number of rotatable bonds is 16. The van der Waals surface area contributed by atoms with Crippen LogP contribution in [0.5, 0.6) is 0 Å². The minimum absolute atomic E-state index is 0.0569. The molecule has 0 saturated carbocycles. The molecule has 0 bridgehead atoms. The lowest BCUT2D eigenvalue weighted by Gasteiger charge is -2.27. The molecule has 2 aromatic carbocycles. The molecule has 4 rings (SSSR count). The molecule has 1 atom stereocenters. The zero-order valence-electron chi connectivity index (χ0n) is 27.0. The van der Waals surface area contributed by atoms with Crippen molar-refractivity contribution in [1.29, 1.82) is 0 Å². The molecule has 2 heterocycles. The van der Waals surface area contributed by atoms with Crippen molar-refractivity contribution in [2.24, 2.45) is 17.8 Å². The minimum Gasteiger partial charge on any atom is -0.480 e. The summed E-state index contributed by atoms with van der Waals surface area (Å²) in [5, 5.41) is 22.9. The number of carboxylic acid groups (broad SMARTS) is 1. The van der Waals surface area contributed by atoms with E-state index in [-0.39, 0.29) is 23.3 Å². The first kappa shape index (κ1) is 35.6. The lowest BCUT2D eigenvalue weighted by Crippen LogP contribution is -2.50. The SMILES string of the molecule is CN(C)c1cccc2c(S(=O)(=O)NC(CNC(=O)CNC(=O)C(CCC3CCNCC3)CCC3CCNCC3)C(=O)O)cccc12. The van der Waals surface area contributed by atoms with Gasteiger partial charge in [-0.05, 0) is 102 Å². The molecule has 2 fully saturated rings. The van der Waals surface area contributed by atoms with Crippen LogP contribution >= 0.6 is 0 Å². The Balaban J connectivity index is 1.32. The Labute approximate surface area is 272 Å². The van der Waals surface area contributed by atoms with Gasteiger partial charge in [-0.15, -0.1) is 0 Å². The molecule has 2 aliphatic heterocycles. The maximum Gasteiger partial charge on any atom is 0.323 e. The van der Waals surface area contributed by atoms with Gasteiger partial charge in [0.15, 0.2) is 0 Å². The van der Waals surface area contributed by atoms with E-state index < -0.39 is 34.5 Å². The number of amides is 2. The Bertz CT molecular complexity index is 1420. The molecule has 6 N–H and O–H groups in total. The maximum atomic E-state index is 13.4. The van der Waals surface area contributed by atoms with Crippen LogP contribution in [0, 0.1) is 17.8 Å². The molecule has 46 heavy (non-hydrogen) atoms. The van der Waals surface area contributed by atoms with Crippen molar-refractivity contribution in [3.63, 3.8) is 0 Å². The first-order chi connectivity index (χ1) is 22.0. The third-order valence-electron chi connectivity index (χ3n) is 9.29. The summed E-state index contributed by atoms with van der Waals surface area (Å²) >= 11 is 0. The maximum absolute atomic E-state index is 13.4. The van der Waals surface area contributed by atoms with E-state index in [1.54, 1.807) is 24.3 Å². The summed E-state index contributed by atoms with van der Waals surface area (Å²) in [6.07, 6.45) is 7.94. The fourth-order valence-electron chi connectivity index (χ4n) is 6.53. The van der Waals surface area contributed by atoms with E-state index in [0.717, 1.165) is 83.2 Å². The summed E-state index contributed by atoms with van der Waals surface area (Å²) in [7, 11) is -0.564. The number of aliphatic carboxylic acids is 1. The average Bonchev–Trinajstić information content (AvgIpc) is 3.05. The first-order valence-electron chi connectivity index (χ1n) is 16.4. The number of carbonyl (C=O) groups is 3. The molecule has 254 valence electrons. The Morgan fingerprint density at radius 3 is 2.00 bits per heavy atom. The van der Waals surface area contributed by atoms with Crippen molar-refractivity contribution in [2.45, 2.75) is 62.3 Å². The van der Waals surface area contributed by atoms with Crippen LogP contribution in [0.25, 0.3) is 10.8 Å². The van der Waals surface area contributed by atoms with E-state index in [2.05, 4.69) is 26.0 Å². The predicted molar refractivity (Wildman–Crippen MR) is 179 cm³/mol. The van der Waals surface area contributed by atoms with Crippen LogP contribution in [-0.2, 0) is 24.4 Å². The van der Waals surface area contributed by atoms with Crippen LogP contribution in [0.3, 0.4) is 0 Å². The zero-order chi connectivity index (χ0) is 33.1. The highest BCUT2D eigenvalue weighted by Crippen LogP contribution is 2.30. The third kappa shape index (κ3) is 10.1. The van der Waals surface area contributed by atoms with Gasteiger partial charge in [-0.2, -0.15) is 4.72 Å². The van der Waals surface area contributed by atoms with Crippen LogP contribution in [0.4, 0.5) is 5.69 Å². The van der Waals surface area contributed by atoms with Gasteiger partial charge in [-0.3, -0.25) is 14.4 Å². The quantitative estimate of drug-likeness (QED) is 0.158. The number of hydrogen-bond donors (Lipinski definition) is 6. The Hall–Kier alpha value is -3.26. The van der Waals surface area contributed by atoms with Gasteiger partial charge < -0.3 is 31.3 Å². The fraction of sp³-hybridized carbons (Fsp3) is 0.606. The van der Waals surface area contributed by atoms with E-state index in [0.29, 0.717) is 22.6 Å². The molecule has 0 aliphatic carbocycles. The highest BCUT2D eigenvalue weighted by atomic mass is 32.2. The lowest BCUT2D eigenvalue weighted by molar-refractivity contribution is -0.139. The first-order valence-corrected chi connectivity index (χ1v) is 17.9. The molecule has 12 nitrogen and oxygen atoms in total. The second kappa shape index (κ2) is 17.1. The van der Waals surface area contributed by atoms with Crippen molar-refractivity contribution in [2.75, 3.05) is 58.3 Å². The monoisotopic (exact) mass is 658 g/mol. The van der Waals surface area contributed by atoms with Gasteiger partial charge in [0.2, 0.25) is 21.8 Å². The molecule has 2 aromatic rings. The molecule has 2 amide bonds. The zero-order valence-corrected chi connectivity index (χ0v) is 27.8. The molecular weight excluding hydrogens is 608 g/mol. The number of benzene rings is 2. The van der Waals surface area contributed by atoms with E-state index in [1.165, 1.54) is 6.07 Å². The second-order valence-electron chi connectivity index (χ2n) is 12.8. The van der Waals surface area contributed by atoms with Crippen LogP contribution in [-0.4, -0.2) is 90.7 Å². The van der Waals surface area contributed by atoms with Crippen LogP contribution in [0.15, 0.2) is 41.3 Å². The molecule has 1 unspecified atom stereocenters. The summed E-state index contributed by atoms with van der Waals surface area (Å²) in [5.41, 5.74) is 0.818. The van der Waals surface area contributed by atoms with Gasteiger partial charge in [-0.25, -0.2) is 8.42 Å². The number of carboxylic acids is 1. The summed E-state index contributed by atoms with van der Waals surface area (Å²) < 4.78 is 29.0. The molecule has 0 radical (unpaired) electrons. The number of hydrogen-bond acceptors (Lipinski definition) is 8. The minimum atomic E-state index is -4.27. The average molecular weight is 659 g/mol. The van der Waals surface area contributed by atoms with Gasteiger partial charge in [-0.1, -0.05) is 24.3 Å². The van der Waals surface area contributed by atoms with Crippen LogP contribution in [0.1, 0.15) is 51.4 Å². The number of carbonyl (C=O) groups excluding carboxylic acids is 2. The predicted octanol–water partition coefficient (Wildman–Crippen LogP) is 2.05. The van der Waals surface area contributed by atoms with E-state index in [9.17, 15) is 27.9 Å². The Morgan fingerprint density at radius 1 is 0.870 bits per heavy atom. The third-order valence-corrected chi connectivity index (χ3v) is 10.8. The highest BCUT2D eigenvalue weighted by molar-refractivity contribution is 7.89. The summed E-state index contributed by atoms with van der Waals surface area (Å²) in [6, 6.07) is 8.50. The van der Waals surface area contributed by atoms with Gasteiger partial charge >= 0.3 is 5.97 Å². The summed E-state index contributed by atoms with van der Waals surface area (Å²) in [6.45, 7) is 3.22. The number of sulfonamides is 1. The van der Waals surface area contributed by atoms with E-state index in [4.69, 9.17) is 0 Å². The highest BCUT2D eigenvalue weighted by Gasteiger charge is 2.28. The second-order valence-corrected chi connectivity index (χ2v) is 14.5. The van der Waals surface area contributed by atoms with Crippen molar-refractivity contribution in [3.05, 3.63) is 36.4 Å². The topological polar surface area (TPSA) is 169 Å². The number of nitrogens with one attached hydrogen (secondary N) is 5. The normalized spacial score (nSPS) is 17.1. The smallest absolute Gasteiger partial charge is 0.323 e. The van der Waals surface area contributed by atoms with Gasteiger partial charge in [0.05, 0.1) is 11.4 Å². The summed E-state index contributed by atoms with van der Waals surface area (Å²) in [5.74, 6) is -1.18. The van der Waals surface area contributed by atoms with E-state index >= 15 is 0 Å². The largest absolute Gasteiger partial charge is 0.480 e. The molecule has 0 aromatic heterocycles. The molecule has 0 spiro atoms. The van der Waals surface area contributed by atoms with Crippen LogP contribution in [0.2, 0.25) is 0 Å². The number of nitrogens with zero attached hydrogens (tertiary/aromatic N) is 1. The van der Waals surface area contributed by atoms with Crippen molar-refractivity contribution in [3.8, 4) is 0 Å². The summed E-state index contributed by atoms with van der Waals surface area (Å²) in [4.78, 5) is 39.8. The molecule has 13 heteroatoms. The Morgan fingerprint density at radius 2 is 1.43 bits per heavy atom. The van der Waals surface area contributed by atoms with E-state index in [1.807, 2.05) is 25.1 Å². The number of piperidine rings is 2. The van der Waals surface area contributed by atoms with Crippen molar-refractivity contribution >= 4 is 44.3 Å². The van der Waals surface area contributed by atoms with Crippen molar-refractivity contribution < 1.29 is 27.9 Å². The number of fused-ring (bicyclic) bond motifs is 1. The standard InChI is InChI=1S/C33H50N6O6S/c1-39(2)29-7-3-6-27-26(29)5-4-8-30(27)46(44,45)38-28(33(42)43)21-36-31(40)22-37-32(41)25(11-9-23-13-17-34-18-14-23)12-10-24-15-19-35-20-16-24/h3-8,23-25,28,34-35,38H,9-22H2,1-2H3,(H,36,40)(H,37,41)(H,42,43). The van der Waals surface area contributed by atoms with Gasteiger partial charge in [0.1, 0.15) is 6.04 Å². The van der Waals surface area contributed by atoms with Gasteiger partial charge in [0, 0.05) is 43.0 Å². The molecule has 2 saturated heterocycles. The van der Waals surface area contributed by atoms with Crippen molar-refractivity contribution in [1.82, 2.24) is 26.0 Å². The van der Waals surface area contributed by atoms with Crippen LogP contribution < -0.4 is 30.9 Å². The lowest BCUT2D eigenvalue weighted by atomic mass is 9.84. The number of anilines is 1. The Kier molecular flexibility index (Phi) is 13.2. The molecular formula is C33H50N6O6S. The molecule has 2 aliphatic rings.